The van der Waals surface area contributed by atoms with Crippen LogP contribution < -0.4 is 5.32 Å². The summed E-state index contributed by atoms with van der Waals surface area (Å²) in [6, 6.07) is 19.8. The monoisotopic (exact) mass is 403 g/mol. The fraction of sp³-hybridized carbons (Fsp3) is 0.182. The lowest BCUT2D eigenvalue weighted by Crippen LogP contribution is -2.24. The van der Waals surface area contributed by atoms with E-state index in [1.165, 1.54) is 11.8 Å². The summed E-state index contributed by atoms with van der Waals surface area (Å²) < 4.78 is 1.81. The molecule has 1 N–H and O–H groups in total. The molecule has 146 valence electrons. The van der Waals surface area contributed by atoms with Crippen molar-refractivity contribution in [1.29, 1.82) is 0 Å². The number of rotatable bonds is 6. The lowest BCUT2D eigenvalue weighted by molar-refractivity contribution is -0.118. The molecular weight excluding hydrogens is 382 g/mol. The molecule has 4 aromatic rings. The van der Waals surface area contributed by atoms with Gasteiger partial charge in [0.1, 0.15) is 5.03 Å². The number of aromatic nitrogens is 4. The lowest BCUT2D eigenvalue weighted by Gasteiger charge is -2.10. The zero-order valence-electron chi connectivity index (χ0n) is 16.3. The molecule has 2 heterocycles. The van der Waals surface area contributed by atoms with Crippen LogP contribution in [0, 0.1) is 13.8 Å². The van der Waals surface area contributed by atoms with E-state index in [1.54, 1.807) is 0 Å². The third-order valence-corrected chi connectivity index (χ3v) is 5.50. The molecule has 4 rings (SSSR count). The Hall–Kier alpha value is -3.19. The summed E-state index contributed by atoms with van der Waals surface area (Å²) in [4.78, 5) is 12.3. The SMILES string of the molecule is Cc1cc(C)n(-c2nnc(SCC(=O)NCc3ccccc3)c3ccccc23)n1. The number of carbonyl (C=O) groups is 1. The molecule has 0 aliphatic rings. The Morgan fingerprint density at radius 3 is 2.45 bits per heavy atom. The highest BCUT2D eigenvalue weighted by Gasteiger charge is 2.14. The molecule has 6 nitrogen and oxygen atoms in total. The van der Waals surface area contributed by atoms with Crippen LogP contribution in [-0.2, 0) is 11.3 Å². The minimum absolute atomic E-state index is 0.0349. The largest absolute Gasteiger partial charge is 0.351 e. The van der Waals surface area contributed by atoms with Crippen LogP contribution in [-0.4, -0.2) is 31.6 Å². The van der Waals surface area contributed by atoms with E-state index in [2.05, 4.69) is 20.6 Å². The molecule has 2 aromatic heterocycles. The summed E-state index contributed by atoms with van der Waals surface area (Å²) in [5.41, 5.74) is 3.01. The number of fused-ring (bicyclic) bond motifs is 1. The number of hydrogen-bond donors (Lipinski definition) is 1. The van der Waals surface area contributed by atoms with E-state index in [1.807, 2.05) is 79.2 Å². The Labute approximate surface area is 173 Å². The van der Waals surface area contributed by atoms with Crippen LogP contribution in [0.4, 0.5) is 0 Å². The maximum Gasteiger partial charge on any atom is 0.230 e. The van der Waals surface area contributed by atoms with Crippen LogP contribution in [0.15, 0.2) is 65.7 Å². The molecule has 1 amide bonds. The zero-order valence-corrected chi connectivity index (χ0v) is 17.1. The third kappa shape index (κ3) is 4.30. The van der Waals surface area contributed by atoms with Gasteiger partial charge in [-0.15, -0.1) is 10.2 Å². The van der Waals surface area contributed by atoms with Gasteiger partial charge in [-0.1, -0.05) is 66.4 Å². The first-order valence-corrected chi connectivity index (χ1v) is 10.3. The van der Waals surface area contributed by atoms with Crippen molar-refractivity contribution < 1.29 is 4.79 Å². The van der Waals surface area contributed by atoms with Crippen molar-refractivity contribution in [2.75, 3.05) is 5.75 Å². The molecule has 0 aliphatic heterocycles. The highest BCUT2D eigenvalue weighted by atomic mass is 32.2. The molecule has 0 unspecified atom stereocenters. The van der Waals surface area contributed by atoms with Crippen molar-refractivity contribution in [3.8, 4) is 5.82 Å². The summed E-state index contributed by atoms with van der Waals surface area (Å²) in [6.07, 6.45) is 0. The molecule has 0 aliphatic carbocycles. The zero-order chi connectivity index (χ0) is 20.2. The Kier molecular flexibility index (Phi) is 5.57. The van der Waals surface area contributed by atoms with Gasteiger partial charge in [-0.2, -0.15) is 5.10 Å². The Morgan fingerprint density at radius 1 is 1.00 bits per heavy atom. The minimum Gasteiger partial charge on any atom is -0.351 e. The van der Waals surface area contributed by atoms with Gasteiger partial charge in [0, 0.05) is 23.0 Å². The van der Waals surface area contributed by atoms with E-state index in [0.29, 0.717) is 12.4 Å². The standard InChI is InChI=1S/C22H21N5OS/c1-15-12-16(2)27(26-15)21-18-10-6-7-11-19(18)22(25-24-21)29-14-20(28)23-13-17-8-4-3-5-9-17/h3-12H,13-14H2,1-2H3,(H,23,28). The van der Waals surface area contributed by atoms with Gasteiger partial charge in [0.15, 0.2) is 5.82 Å². The second kappa shape index (κ2) is 8.45. The third-order valence-electron chi connectivity index (χ3n) is 4.52. The highest BCUT2D eigenvalue weighted by molar-refractivity contribution is 8.00. The number of carbonyl (C=O) groups excluding carboxylic acids is 1. The molecule has 0 saturated heterocycles. The summed E-state index contributed by atoms with van der Waals surface area (Å²) in [5, 5.41) is 18.9. The number of benzene rings is 2. The molecular formula is C22H21N5OS. The van der Waals surface area contributed by atoms with Gasteiger partial charge in [0.25, 0.3) is 0 Å². The molecule has 0 atom stereocenters. The van der Waals surface area contributed by atoms with Crippen molar-refractivity contribution in [2.45, 2.75) is 25.4 Å². The molecule has 7 heteroatoms. The Balaban J connectivity index is 1.52. The van der Waals surface area contributed by atoms with Crippen molar-refractivity contribution >= 4 is 28.4 Å². The van der Waals surface area contributed by atoms with Crippen molar-refractivity contribution in [2.24, 2.45) is 0 Å². The van der Waals surface area contributed by atoms with Gasteiger partial charge >= 0.3 is 0 Å². The number of hydrogen-bond acceptors (Lipinski definition) is 5. The van der Waals surface area contributed by atoms with Gasteiger partial charge in [-0.3, -0.25) is 4.79 Å². The van der Waals surface area contributed by atoms with E-state index in [0.717, 1.165) is 32.7 Å². The molecule has 0 radical (unpaired) electrons. The van der Waals surface area contributed by atoms with Crippen molar-refractivity contribution in [3.63, 3.8) is 0 Å². The van der Waals surface area contributed by atoms with Gasteiger partial charge in [0.05, 0.1) is 11.4 Å². The van der Waals surface area contributed by atoms with Gasteiger partial charge in [-0.25, -0.2) is 4.68 Å². The van der Waals surface area contributed by atoms with Crippen LogP contribution in [0.25, 0.3) is 16.6 Å². The number of nitrogens with zero attached hydrogens (tertiary/aromatic N) is 4. The topological polar surface area (TPSA) is 72.7 Å². The van der Waals surface area contributed by atoms with Crippen LogP contribution >= 0.6 is 11.8 Å². The maximum absolute atomic E-state index is 12.3. The van der Waals surface area contributed by atoms with Gasteiger partial charge in [0.2, 0.25) is 5.91 Å². The van der Waals surface area contributed by atoms with Crippen LogP contribution in [0.2, 0.25) is 0 Å². The Morgan fingerprint density at radius 2 is 1.72 bits per heavy atom. The van der Waals surface area contributed by atoms with Gasteiger partial charge < -0.3 is 5.32 Å². The first-order chi connectivity index (χ1) is 14.1. The van der Waals surface area contributed by atoms with E-state index < -0.39 is 0 Å². The second-order valence-electron chi connectivity index (χ2n) is 6.76. The van der Waals surface area contributed by atoms with Crippen LogP contribution in [0.5, 0.6) is 0 Å². The van der Waals surface area contributed by atoms with E-state index in [-0.39, 0.29) is 11.7 Å². The average Bonchev–Trinajstić information content (AvgIpc) is 3.09. The summed E-state index contributed by atoms with van der Waals surface area (Å²) in [5.74, 6) is 0.946. The summed E-state index contributed by atoms with van der Waals surface area (Å²) in [7, 11) is 0. The number of aryl methyl sites for hydroxylation is 2. The predicted molar refractivity (Wildman–Crippen MR) is 115 cm³/mol. The van der Waals surface area contributed by atoms with Crippen LogP contribution in [0.3, 0.4) is 0 Å². The Bertz CT molecular complexity index is 1160. The van der Waals surface area contributed by atoms with E-state index in [4.69, 9.17) is 0 Å². The first-order valence-electron chi connectivity index (χ1n) is 9.34. The second-order valence-corrected chi connectivity index (χ2v) is 7.73. The van der Waals surface area contributed by atoms with E-state index >= 15 is 0 Å². The molecule has 0 spiro atoms. The molecule has 2 aromatic carbocycles. The summed E-state index contributed by atoms with van der Waals surface area (Å²) >= 11 is 1.39. The smallest absolute Gasteiger partial charge is 0.230 e. The normalized spacial score (nSPS) is 11.0. The van der Waals surface area contributed by atoms with Crippen molar-refractivity contribution in [3.05, 3.63) is 77.6 Å². The fourth-order valence-electron chi connectivity index (χ4n) is 3.15. The van der Waals surface area contributed by atoms with Gasteiger partial charge in [-0.05, 0) is 25.5 Å². The minimum atomic E-state index is -0.0349. The van der Waals surface area contributed by atoms with E-state index in [9.17, 15) is 4.79 Å². The molecule has 0 bridgehead atoms. The number of amides is 1. The number of nitrogens with one attached hydrogen (secondary N) is 1. The van der Waals surface area contributed by atoms with Crippen LogP contribution in [0.1, 0.15) is 17.0 Å². The maximum atomic E-state index is 12.3. The molecule has 0 fully saturated rings. The number of thioether (sulfide) groups is 1. The predicted octanol–water partition coefficient (Wildman–Crippen LogP) is 3.84. The molecule has 29 heavy (non-hydrogen) atoms. The lowest BCUT2D eigenvalue weighted by atomic mass is 10.2. The summed E-state index contributed by atoms with van der Waals surface area (Å²) in [6.45, 7) is 4.47. The highest BCUT2D eigenvalue weighted by Crippen LogP contribution is 2.28. The quantitative estimate of drug-likeness (QED) is 0.495. The average molecular weight is 404 g/mol. The fourth-order valence-corrected chi connectivity index (χ4v) is 3.95. The molecule has 0 saturated carbocycles. The van der Waals surface area contributed by atoms with Crippen molar-refractivity contribution in [1.82, 2.24) is 25.3 Å². The first kappa shape index (κ1) is 19.1.